The molecule has 5 heteroatoms. The van der Waals surface area contributed by atoms with Crippen LogP contribution in [0.1, 0.15) is 25.2 Å². The Morgan fingerprint density at radius 1 is 1.38 bits per heavy atom. The van der Waals surface area contributed by atoms with E-state index in [1.165, 1.54) is 11.3 Å². The van der Waals surface area contributed by atoms with Crippen LogP contribution >= 0.6 is 11.6 Å². The van der Waals surface area contributed by atoms with Crippen molar-refractivity contribution in [2.45, 2.75) is 33.0 Å². The Balaban J connectivity index is 2.19. The molecule has 0 bridgehead atoms. The van der Waals surface area contributed by atoms with Crippen LogP contribution < -0.4 is 10.2 Å². The molecule has 0 fully saturated rings. The number of aryl methyl sites for hydroxylation is 1. The second-order valence-electron chi connectivity index (χ2n) is 5.62. The molecular weight excluding hydrogens is 284 g/mol. The van der Waals surface area contributed by atoms with E-state index in [-0.39, 0.29) is 0 Å². The molecule has 0 radical (unpaired) electrons. The summed E-state index contributed by atoms with van der Waals surface area (Å²) in [7, 11) is 4.09. The van der Waals surface area contributed by atoms with Gasteiger partial charge in [-0.25, -0.2) is 4.98 Å². The Hall–Kier alpha value is -1.52. The van der Waals surface area contributed by atoms with Gasteiger partial charge >= 0.3 is 0 Å². The number of hydrogen-bond acceptors (Lipinski definition) is 3. The molecule has 1 aromatic heterocycles. The first-order valence-corrected chi connectivity index (χ1v) is 7.54. The molecule has 4 nitrogen and oxygen atoms in total. The van der Waals surface area contributed by atoms with E-state index >= 15 is 0 Å². The topological polar surface area (TPSA) is 33.1 Å². The largest absolute Gasteiger partial charge is 0.367 e. The molecule has 114 valence electrons. The van der Waals surface area contributed by atoms with Crippen molar-refractivity contribution in [2.75, 3.05) is 11.9 Å². The van der Waals surface area contributed by atoms with Crippen molar-refractivity contribution < 1.29 is 0 Å². The van der Waals surface area contributed by atoms with Gasteiger partial charge in [-0.1, -0.05) is 25.4 Å². The molecular formula is C16H23ClN4. The summed E-state index contributed by atoms with van der Waals surface area (Å²) in [6.07, 6.45) is 3.79. The third-order valence-electron chi connectivity index (χ3n) is 3.45. The van der Waals surface area contributed by atoms with Crippen LogP contribution in [-0.2, 0) is 20.1 Å². The number of hydrogen-bond donors (Lipinski definition) is 1. The smallest absolute Gasteiger partial charge is 0.127 e. The Morgan fingerprint density at radius 2 is 2.14 bits per heavy atom. The van der Waals surface area contributed by atoms with E-state index in [2.05, 4.69) is 42.2 Å². The highest BCUT2D eigenvalue weighted by Crippen LogP contribution is 2.24. The highest BCUT2D eigenvalue weighted by molar-refractivity contribution is 6.30. The molecule has 0 unspecified atom stereocenters. The van der Waals surface area contributed by atoms with Gasteiger partial charge in [0.2, 0.25) is 0 Å². The molecule has 0 atom stereocenters. The number of imidazole rings is 1. The minimum Gasteiger partial charge on any atom is -0.367 e. The molecule has 0 aliphatic heterocycles. The SMILES string of the molecule is CC(C)NCc1cc(Cl)ccc1N(C)Cc1nccn1C. The van der Waals surface area contributed by atoms with Crippen LogP contribution in [0.25, 0.3) is 0 Å². The number of rotatable bonds is 6. The van der Waals surface area contributed by atoms with Crippen LogP contribution in [-0.4, -0.2) is 22.6 Å². The van der Waals surface area contributed by atoms with Gasteiger partial charge in [0, 0.05) is 49.8 Å². The molecule has 1 N–H and O–H groups in total. The van der Waals surface area contributed by atoms with Crippen LogP contribution in [0.3, 0.4) is 0 Å². The van der Waals surface area contributed by atoms with Crippen LogP contribution in [0.2, 0.25) is 5.02 Å². The van der Waals surface area contributed by atoms with Crippen molar-refractivity contribution in [3.8, 4) is 0 Å². The zero-order valence-corrected chi connectivity index (χ0v) is 13.9. The van der Waals surface area contributed by atoms with E-state index in [0.29, 0.717) is 6.04 Å². The molecule has 2 rings (SSSR count). The fourth-order valence-corrected chi connectivity index (χ4v) is 2.42. The Morgan fingerprint density at radius 3 is 2.76 bits per heavy atom. The lowest BCUT2D eigenvalue weighted by Crippen LogP contribution is -2.25. The maximum atomic E-state index is 6.14. The summed E-state index contributed by atoms with van der Waals surface area (Å²) in [6, 6.07) is 6.48. The van der Waals surface area contributed by atoms with Crippen molar-refractivity contribution in [1.82, 2.24) is 14.9 Å². The second-order valence-corrected chi connectivity index (χ2v) is 6.06. The standard InChI is InChI=1S/C16H23ClN4/c1-12(2)19-10-13-9-14(17)5-6-15(13)21(4)11-16-18-7-8-20(16)3/h5-9,12,19H,10-11H2,1-4H3. The van der Waals surface area contributed by atoms with Gasteiger partial charge in [-0.15, -0.1) is 0 Å². The maximum Gasteiger partial charge on any atom is 0.127 e. The van der Waals surface area contributed by atoms with E-state index in [9.17, 15) is 0 Å². The van der Waals surface area contributed by atoms with Gasteiger partial charge in [0.15, 0.2) is 0 Å². The Labute approximate surface area is 131 Å². The summed E-state index contributed by atoms with van der Waals surface area (Å²) >= 11 is 6.14. The van der Waals surface area contributed by atoms with Crippen molar-refractivity contribution in [1.29, 1.82) is 0 Å². The molecule has 1 aromatic carbocycles. The quantitative estimate of drug-likeness (QED) is 0.889. The normalized spacial score (nSPS) is 11.1. The second kappa shape index (κ2) is 6.96. The Bertz CT molecular complexity index is 592. The fraction of sp³-hybridized carbons (Fsp3) is 0.438. The summed E-state index contributed by atoms with van der Waals surface area (Å²) in [5.74, 6) is 1.04. The summed E-state index contributed by atoms with van der Waals surface area (Å²) in [5.41, 5.74) is 2.38. The molecule has 0 saturated carbocycles. The molecule has 0 amide bonds. The van der Waals surface area contributed by atoms with E-state index in [1.54, 1.807) is 0 Å². The van der Waals surface area contributed by atoms with Gasteiger partial charge in [0.25, 0.3) is 0 Å². The van der Waals surface area contributed by atoms with Gasteiger partial charge in [-0.05, 0) is 23.8 Å². The number of halogens is 1. The van der Waals surface area contributed by atoms with Gasteiger partial charge in [0.1, 0.15) is 5.82 Å². The van der Waals surface area contributed by atoms with E-state index in [1.807, 2.05) is 36.1 Å². The lowest BCUT2D eigenvalue weighted by Gasteiger charge is -2.23. The molecule has 21 heavy (non-hydrogen) atoms. The first kappa shape index (κ1) is 15.9. The van der Waals surface area contributed by atoms with E-state index in [4.69, 9.17) is 11.6 Å². The summed E-state index contributed by atoms with van der Waals surface area (Å²) in [6.45, 7) is 5.85. The first-order valence-electron chi connectivity index (χ1n) is 7.16. The molecule has 0 aliphatic rings. The lowest BCUT2D eigenvalue weighted by atomic mass is 10.1. The van der Waals surface area contributed by atoms with Crippen LogP contribution in [0, 0.1) is 0 Å². The highest BCUT2D eigenvalue weighted by atomic mass is 35.5. The third kappa shape index (κ3) is 4.22. The fourth-order valence-electron chi connectivity index (χ4n) is 2.23. The minimum absolute atomic E-state index is 0.441. The van der Waals surface area contributed by atoms with Crippen molar-refractivity contribution in [2.24, 2.45) is 7.05 Å². The molecule has 2 aromatic rings. The molecule has 0 aliphatic carbocycles. The number of aromatic nitrogens is 2. The average Bonchev–Trinajstić information content (AvgIpc) is 2.82. The van der Waals surface area contributed by atoms with Gasteiger partial charge in [-0.3, -0.25) is 0 Å². The van der Waals surface area contributed by atoms with Gasteiger partial charge in [-0.2, -0.15) is 0 Å². The van der Waals surface area contributed by atoms with E-state index < -0.39 is 0 Å². The third-order valence-corrected chi connectivity index (χ3v) is 3.69. The monoisotopic (exact) mass is 306 g/mol. The summed E-state index contributed by atoms with van der Waals surface area (Å²) < 4.78 is 2.04. The van der Waals surface area contributed by atoms with Crippen molar-refractivity contribution >= 4 is 17.3 Å². The average molecular weight is 307 g/mol. The van der Waals surface area contributed by atoms with Crippen LogP contribution in [0.5, 0.6) is 0 Å². The number of anilines is 1. The maximum absolute atomic E-state index is 6.14. The van der Waals surface area contributed by atoms with Crippen LogP contribution in [0.15, 0.2) is 30.6 Å². The molecule has 0 spiro atoms. The zero-order valence-electron chi connectivity index (χ0n) is 13.1. The summed E-state index contributed by atoms with van der Waals surface area (Å²) in [5, 5.41) is 4.22. The predicted molar refractivity (Wildman–Crippen MR) is 88.7 cm³/mol. The van der Waals surface area contributed by atoms with E-state index in [0.717, 1.165) is 23.9 Å². The van der Waals surface area contributed by atoms with Crippen molar-refractivity contribution in [3.05, 3.63) is 47.0 Å². The number of nitrogens with one attached hydrogen (secondary N) is 1. The minimum atomic E-state index is 0.441. The Kier molecular flexibility index (Phi) is 5.26. The first-order chi connectivity index (χ1) is 9.97. The molecule has 0 saturated heterocycles. The number of nitrogens with zero attached hydrogens (tertiary/aromatic N) is 3. The van der Waals surface area contributed by atoms with Crippen LogP contribution in [0.4, 0.5) is 5.69 Å². The predicted octanol–water partition coefficient (Wildman–Crippen LogP) is 3.21. The molecule has 1 heterocycles. The highest BCUT2D eigenvalue weighted by Gasteiger charge is 2.11. The number of benzene rings is 1. The van der Waals surface area contributed by atoms with Crippen molar-refractivity contribution in [3.63, 3.8) is 0 Å². The zero-order chi connectivity index (χ0) is 15.4. The lowest BCUT2D eigenvalue weighted by molar-refractivity contribution is 0.588. The summed E-state index contributed by atoms with van der Waals surface area (Å²) in [4.78, 5) is 6.59. The van der Waals surface area contributed by atoms with Gasteiger partial charge < -0.3 is 14.8 Å². The van der Waals surface area contributed by atoms with Gasteiger partial charge in [0.05, 0.1) is 6.54 Å².